The Balaban J connectivity index is 2.19. The lowest BCUT2D eigenvalue weighted by atomic mass is 9.80. The highest BCUT2D eigenvalue weighted by atomic mass is 16.3. The van der Waals surface area contributed by atoms with Crippen LogP contribution in [0.15, 0.2) is 12.7 Å². The summed E-state index contributed by atoms with van der Waals surface area (Å²) >= 11 is 0. The summed E-state index contributed by atoms with van der Waals surface area (Å²) in [6, 6.07) is 0.456. The van der Waals surface area contributed by atoms with Gasteiger partial charge >= 0.3 is 0 Å². The second-order valence-corrected chi connectivity index (χ2v) is 4.75. The first-order chi connectivity index (χ1) is 6.57. The molecule has 82 valence electrons. The van der Waals surface area contributed by atoms with E-state index in [1.807, 2.05) is 6.08 Å². The van der Waals surface area contributed by atoms with Gasteiger partial charge in [0.05, 0.1) is 5.60 Å². The molecule has 0 amide bonds. The van der Waals surface area contributed by atoms with Crippen molar-refractivity contribution in [2.24, 2.45) is 5.92 Å². The van der Waals surface area contributed by atoms with Crippen LogP contribution in [0.3, 0.4) is 0 Å². The minimum Gasteiger partial charge on any atom is -0.389 e. The van der Waals surface area contributed by atoms with Gasteiger partial charge in [-0.2, -0.15) is 0 Å². The first kappa shape index (κ1) is 11.7. The van der Waals surface area contributed by atoms with Gasteiger partial charge in [-0.1, -0.05) is 13.0 Å². The van der Waals surface area contributed by atoms with Crippen LogP contribution in [0.25, 0.3) is 0 Å². The van der Waals surface area contributed by atoms with Gasteiger partial charge in [-0.05, 0) is 38.5 Å². The molecule has 0 aromatic carbocycles. The zero-order valence-electron chi connectivity index (χ0n) is 9.42. The fraction of sp³-hybridized carbons (Fsp3) is 0.833. The van der Waals surface area contributed by atoms with Gasteiger partial charge in [-0.15, -0.1) is 6.58 Å². The lowest BCUT2D eigenvalue weighted by Gasteiger charge is -2.38. The molecule has 0 bridgehead atoms. The van der Waals surface area contributed by atoms with Gasteiger partial charge in [-0.25, -0.2) is 0 Å². The molecular formula is C12H23NO. The normalized spacial score (nSPS) is 23.6. The molecule has 0 aromatic heterocycles. The number of hydrogen-bond donors (Lipinski definition) is 2. The van der Waals surface area contributed by atoms with Crippen LogP contribution in [-0.2, 0) is 0 Å². The lowest BCUT2D eigenvalue weighted by molar-refractivity contribution is -0.0338. The molecule has 0 saturated heterocycles. The van der Waals surface area contributed by atoms with E-state index in [1.54, 1.807) is 0 Å². The molecule has 2 atom stereocenters. The quantitative estimate of drug-likeness (QED) is 0.639. The van der Waals surface area contributed by atoms with Crippen molar-refractivity contribution in [3.8, 4) is 0 Å². The smallest absolute Gasteiger partial charge is 0.0771 e. The third-order valence-corrected chi connectivity index (χ3v) is 3.43. The van der Waals surface area contributed by atoms with Crippen molar-refractivity contribution < 1.29 is 5.11 Å². The Kier molecular flexibility index (Phi) is 4.14. The average Bonchev–Trinajstić information content (AvgIpc) is 2.11. The molecule has 0 heterocycles. The maximum absolute atomic E-state index is 9.89. The molecule has 1 rings (SSSR count). The van der Waals surface area contributed by atoms with E-state index in [9.17, 15) is 5.11 Å². The Hall–Kier alpha value is -0.340. The topological polar surface area (TPSA) is 32.3 Å². The van der Waals surface area contributed by atoms with Crippen molar-refractivity contribution in [3.63, 3.8) is 0 Å². The van der Waals surface area contributed by atoms with Crippen LogP contribution in [0.4, 0.5) is 0 Å². The first-order valence-corrected chi connectivity index (χ1v) is 5.64. The second-order valence-electron chi connectivity index (χ2n) is 4.75. The SMILES string of the molecule is C=CCC(C)C(C)NCC1(O)CCC1. The molecule has 0 aromatic rings. The molecule has 0 radical (unpaired) electrons. The summed E-state index contributed by atoms with van der Waals surface area (Å²) in [5.41, 5.74) is -0.401. The predicted molar refractivity (Wildman–Crippen MR) is 60.2 cm³/mol. The van der Waals surface area contributed by atoms with Crippen LogP contribution in [0, 0.1) is 5.92 Å². The Morgan fingerprint density at radius 3 is 2.57 bits per heavy atom. The van der Waals surface area contributed by atoms with Gasteiger partial charge in [0.25, 0.3) is 0 Å². The van der Waals surface area contributed by atoms with Crippen molar-refractivity contribution in [3.05, 3.63) is 12.7 Å². The van der Waals surface area contributed by atoms with Gasteiger partial charge in [0.15, 0.2) is 0 Å². The zero-order chi connectivity index (χ0) is 10.6. The highest BCUT2D eigenvalue weighted by molar-refractivity contribution is 4.90. The van der Waals surface area contributed by atoms with Crippen LogP contribution in [-0.4, -0.2) is 23.3 Å². The Morgan fingerprint density at radius 1 is 1.50 bits per heavy atom. The first-order valence-electron chi connectivity index (χ1n) is 5.64. The average molecular weight is 197 g/mol. The molecular weight excluding hydrogens is 174 g/mol. The van der Waals surface area contributed by atoms with Crippen LogP contribution >= 0.6 is 0 Å². The minimum atomic E-state index is -0.401. The predicted octanol–water partition coefficient (Wildman–Crippen LogP) is 2.09. The number of allylic oxidation sites excluding steroid dienone is 1. The third kappa shape index (κ3) is 3.10. The summed E-state index contributed by atoms with van der Waals surface area (Å²) in [7, 11) is 0. The van der Waals surface area contributed by atoms with E-state index in [2.05, 4.69) is 25.7 Å². The number of hydrogen-bond acceptors (Lipinski definition) is 2. The largest absolute Gasteiger partial charge is 0.389 e. The molecule has 1 saturated carbocycles. The van der Waals surface area contributed by atoms with Gasteiger partial charge in [0.1, 0.15) is 0 Å². The molecule has 1 aliphatic rings. The van der Waals surface area contributed by atoms with Crippen molar-refractivity contribution in [1.29, 1.82) is 0 Å². The molecule has 2 heteroatoms. The van der Waals surface area contributed by atoms with E-state index in [0.717, 1.165) is 25.8 Å². The van der Waals surface area contributed by atoms with Crippen molar-refractivity contribution in [2.45, 2.75) is 51.2 Å². The van der Waals surface area contributed by atoms with E-state index in [1.165, 1.54) is 6.42 Å². The van der Waals surface area contributed by atoms with Gasteiger partial charge < -0.3 is 10.4 Å². The van der Waals surface area contributed by atoms with Crippen LogP contribution < -0.4 is 5.32 Å². The highest BCUT2D eigenvalue weighted by Gasteiger charge is 2.34. The molecule has 2 nitrogen and oxygen atoms in total. The van der Waals surface area contributed by atoms with E-state index >= 15 is 0 Å². The summed E-state index contributed by atoms with van der Waals surface area (Å²) in [4.78, 5) is 0. The van der Waals surface area contributed by atoms with E-state index < -0.39 is 5.60 Å². The maximum Gasteiger partial charge on any atom is 0.0771 e. The van der Waals surface area contributed by atoms with Crippen LogP contribution in [0.2, 0.25) is 0 Å². The second kappa shape index (κ2) is 4.94. The number of aliphatic hydroxyl groups is 1. The minimum absolute atomic E-state index is 0.401. The Labute approximate surface area is 87.4 Å². The highest BCUT2D eigenvalue weighted by Crippen LogP contribution is 2.30. The van der Waals surface area contributed by atoms with Crippen molar-refractivity contribution >= 4 is 0 Å². The van der Waals surface area contributed by atoms with Gasteiger partial charge in [-0.3, -0.25) is 0 Å². The summed E-state index contributed by atoms with van der Waals surface area (Å²) in [6.45, 7) is 8.88. The Morgan fingerprint density at radius 2 is 2.14 bits per heavy atom. The summed E-state index contributed by atoms with van der Waals surface area (Å²) in [5.74, 6) is 0.594. The van der Waals surface area contributed by atoms with E-state index in [0.29, 0.717) is 12.0 Å². The molecule has 0 spiro atoms. The lowest BCUT2D eigenvalue weighted by Crippen LogP contribution is -2.49. The van der Waals surface area contributed by atoms with E-state index in [-0.39, 0.29) is 0 Å². The zero-order valence-corrected chi connectivity index (χ0v) is 9.42. The monoisotopic (exact) mass is 197 g/mol. The number of rotatable bonds is 6. The molecule has 14 heavy (non-hydrogen) atoms. The molecule has 2 N–H and O–H groups in total. The van der Waals surface area contributed by atoms with Gasteiger partial charge in [0, 0.05) is 12.6 Å². The van der Waals surface area contributed by atoms with Crippen molar-refractivity contribution in [2.75, 3.05) is 6.54 Å². The molecule has 2 unspecified atom stereocenters. The fourth-order valence-corrected chi connectivity index (χ4v) is 1.78. The summed E-state index contributed by atoms with van der Waals surface area (Å²) in [6.07, 6.45) is 6.09. The maximum atomic E-state index is 9.89. The van der Waals surface area contributed by atoms with E-state index in [4.69, 9.17) is 0 Å². The number of nitrogens with one attached hydrogen (secondary N) is 1. The Bertz CT molecular complexity index is 187. The van der Waals surface area contributed by atoms with Crippen LogP contribution in [0.1, 0.15) is 39.5 Å². The molecule has 1 aliphatic carbocycles. The standard InChI is InChI=1S/C12H23NO/c1-4-6-10(2)11(3)13-9-12(14)7-5-8-12/h4,10-11,13-14H,1,5-9H2,2-3H3. The van der Waals surface area contributed by atoms with Crippen molar-refractivity contribution in [1.82, 2.24) is 5.32 Å². The summed E-state index contributed by atoms with van der Waals surface area (Å²) in [5, 5.41) is 13.3. The summed E-state index contributed by atoms with van der Waals surface area (Å²) < 4.78 is 0. The van der Waals surface area contributed by atoms with Crippen LogP contribution in [0.5, 0.6) is 0 Å². The van der Waals surface area contributed by atoms with Gasteiger partial charge in [0.2, 0.25) is 0 Å². The fourth-order valence-electron chi connectivity index (χ4n) is 1.78. The molecule has 0 aliphatic heterocycles. The third-order valence-electron chi connectivity index (χ3n) is 3.43. The molecule has 1 fully saturated rings.